The van der Waals surface area contributed by atoms with Gasteiger partial charge in [-0.25, -0.2) is 0 Å². The molecule has 0 saturated carbocycles. The van der Waals surface area contributed by atoms with E-state index in [-0.39, 0.29) is 10.8 Å². The van der Waals surface area contributed by atoms with Crippen LogP contribution in [-0.4, -0.2) is 0 Å². The molecule has 2 heteroatoms. The fourth-order valence-corrected chi connectivity index (χ4v) is 3.49. The average molecular weight is 272 g/mol. The molecular weight excluding hydrogens is 252 g/mol. The van der Waals surface area contributed by atoms with E-state index in [2.05, 4.69) is 52.8 Å². The minimum atomic E-state index is 0.0103. The van der Waals surface area contributed by atoms with Gasteiger partial charge in [-0.05, 0) is 42.0 Å². The summed E-state index contributed by atoms with van der Waals surface area (Å²) in [4.78, 5) is 14.2. The second-order valence-electron chi connectivity index (χ2n) is 6.04. The first kappa shape index (κ1) is 14.0. The van der Waals surface area contributed by atoms with Crippen LogP contribution in [0.5, 0.6) is 0 Å². The van der Waals surface area contributed by atoms with Gasteiger partial charge in [-0.2, -0.15) is 0 Å². The number of aryl methyl sites for hydroxylation is 2. The van der Waals surface area contributed by atoms with Gasteiger partial charge in [0.25, 0.3) is 0 Å². The van der Waals surface area contributed by atoms with E-state index < -0.39 is 0 Å². The van der Waals surface area contributed by atoms with Gasteiger partial charge in [0.2, 0.25) is 0 Å². The van der Waals surface area contributed by atoms with Crippen molar-refractivity contribution in [2.45, 2.75) is 40.0 Å². The molecule has 0 unspecified atom stereocenters. The fourth-order valence-electron chi connectivity index (χ4n) is 2.17. The SMILES string of the molecule is Cc1cccc(C)c1-c1cc(=O)cc(C(C)(C)C)s1. The van der Waals surface area contributed by atoms with Crippen LogP contribution in [0.3, 0.4) is 0 Å². The highest BCUT2D eigenvalue weighted by atomic mass is 32.1. The summed E-state index contributed by atoms with van der Waals surface area (Å²) in [6.07, 6.45) is 0. The summed E-state index contributed by atoms with van der Waals surface area (Å²) < 4.78 is 0. The maximum absolute atomic E-state index is 12.0. The van der Waals surface area contributed by atoms with Crippen molar-refractivity contribution in [3.05, 3.63) is 56.6 Å². The Labute approximate surface area is 118 Å². The molecule has 0 saturated heterocycles. The van der Waals surface area contributed by atoms with Crippen LogP contribution in [0.15, 0.2) is 35.1 Å². The first-order chi connectivity index (χ1) is 8.79. The predicted molar refractivity (Wildman–Crippen MR) is 84.2 cm³/mol. The predicted octanol–water partition coefficient (Wildman–Crippen LogP) is 4.69. The van der Waals surface area contributed by atoms with E-state index in [1.54, 1.807) is 23.5 Å². The van der Waals surface area contributed by atoms with Crippen molar-refractivity contribution in [1.82, 2.24) is 0 Å². The largest absolute Gasteiger partial charge is 0.290 e. The van der Waals surface area contributed by atoms with Crippen molar-refractivity contribution >= 4 is 11.3 Å². The van der Waals surface area contributed by atoms with Gasteiger partial charge in [0.1, 0.15) is 0 Å². The lowest BCUT2D eigenvalue weighted by atomic mass is 9.94. The summed E-state index contributed by atoms with van der Waals surface area (Å²) in [5.41, 5.74) is 3.76. The molecule has 0 aliphatic rings. The summed E-state index contributed by atoms with van der Waals surface area (Å²) in [6, 6.07) is 9.79. The summed E-state index contributed by atoms with van der Waals surface area (Å²) in [5.74, 6) is 0. The van der Waals surface area contributed by atoms with E-state index in [0.717, 1.165) is 9.75 Å². The van der Waals surface area contributed by atoms with Crippen molar-refractivity contribution in [3.63, 3.8) is 0 Å². The van der Waals surface area contributed by atoms with E-state index in [0.29, 0.717) is 0 Å². The van der Waals surface area contributed by atoms with Crippen molar-refractivity contribution < 1.29 is 0 Å². The Morgan fingerprint density at radius 3 is 2.11 bits per heavy atom. The van der Waals surface area contributed by atoms with Crippen molar-refractivity contribution in [2.75, 3.05) is 0 Å². The number of hydrogen-bond acceptors (Lipinski definition) is 2. The molecule has 2 aromatic rings. The molecule has 0 N–H and O–H groups in total. The monoisotopic (exact) mass is 272 g/mol. The molecule has 0 atom stereocenters. The van der Waals surface area contributed by atoms with Crippen LogP contribution in [0.4, 0.5) is 0 Å². The number of hydrogen-bond donors (Lipinski definition) is 0. The third-order valence-corrected chi connectivity index (χ3v) is 4.73. The average Bonchev–Trinajstić information content (AvgIpc) is 2.26. The van der Waals surface area contributed by atoms with Crippen LogP contribution in [0, 0.1) is 13.8 Å². The Kier molecular flexibility index (Phi) is 3.64. The molecule has 0 spiro atoms. The highest BCUT2D eigenvalue weighted by Gasteiger charge is 2.17. The van der Waals surface area contributed by atoms with Crippen LogP contribution >= 0.6 is 11.3 Å². The fraction of sp³-hybridized carbons (Fsp3) is 0.353. The third kappa shape index (κ3) is 2.95. The molecule has 100 valence electrons. The maximum atomic E-state index is 12.0. The van der Waals surface area contributed by atoms with Crippen molar-refractivity contribution in [3.8, 4) is 10.4 Å². The molecule has 1 aromatic heterocycles. The zero-order valence-electron chi connectivity index (χ0n) is 12.2. The summed E-state index contributed by atoms with van der Waals surface area (Å²) >= 11 is 1.72. The normalized spacial score (nSPS) is 11.6. The van der Waals surface area contributed by atoms with E-state index in [9.17, 15) is 4.79 Å². The lowest BCUT2D eigenvalue weighted by Crippen LogP contribution is -2.13. The lowest BCUT2D eigenvalue weighted by molar-refractivity contribution is 0.603. The van der Waals surface area contributed by atoms with Gasteiger partial charge in [0.05, 0.1) is 0 Å². The summed E-state index contributed by atoms with van der Waals surface area (Å²) in [5, 5.41) is 0. The first-order valence-corrected chi connectivity index (χ1v) is 7.33. The highest BCUT2D eigenvalue weighted by Crippen LogP contribution is 2.34. The highest BCUT2D eigenvalue weighted by molar-refractivity contribution is 7.15. The van der Waals surface area contributed by atoms with Crippen molar-refractivity contribution in [2.24, 2.45) is 0 Å². The van der Waals surface area contributed by atoms with Gasteiger partial charge in [-0.15, -0.1) is 11.3 Å². The third-order valence-electron chi connectivity index (χ3n) is 3.23. The first-order valence-electron chi connectivity index (χ1n) is 6.51. The minimum absolute atomic E-state index is 0.0103. The van der Waals surface area contributed by atoms with Crippen LogP contribution in [0.2, 0.25) is 0 Å². The molecular formula is C17H20OS. The van der Waals surface area contributed by atoms with Crippen LogP contribution in [0.25, 0.3) is 10.4 Å². The van der Waals surface area contributed by atoms with Crippen LogP contribution in [-0.2, 0) is 5.41 Å². The summed E-state index contributed by atoms with van der Waals surface area (Å²) in [6.45, 7) is 10.6. The summed E-state index contributed by atoms with van der Waals surface area (Å²) in [7, 11) is 0. The van der Waals surface area contributed by atoms with Gasteiger partial charge >= 0.3 is 0 Å². The van der Waals surface area contributed by atoms with E-state index in [1.165, 1.54) is 16.7 Å². The molecule has 0 amide bonds. The molecule has 19 heavy (non-hydrogen) atoms. The van der Waals surface area contributed by atoms with Gasteiger partial charge in [-0.3, -0.25) is 4.79 Å². The van der Waals surface area contributed by atoms with Gasteiger partial charge in [0, 0.05) is 15.8 Å². The van der Waals surface area contributed by atoms with E-state index in [4.69, 9.17) is 0 Å². The topological polar surface area (TPSA) is 17.1 Å². The zero-order chi connectivity index (χ0) is 14.2. The lowest BCUT2D eigenvalue weighted by Gasteiger charge is -2.19. The molecule has 0 bridgehead atoms. The Bertz CT molecular complexity index is 639. The van der Waals surface area contributed by atoms with Crippen LogP contribution in [0.1, 0.15) is 36.8 Å². The molecule has 1 aromatic carbocycles. The second kappa shape index (κ2) is 4.93. The van der Waals surface area contributed by atoms with E-state index in [1.807, 2.05) is 0 Å². The van der Waals surface area contributed by atoms with Crippen molar-refractivity contribution in [1.29, 1.82) is 0 Å². The standard InChI is InChI=1S/C17H20OS/c1-11-7-6-8-12(2)16(11)14-9-13(18)10-15(19-14)17(3,4)5/h6-10H,1-5H3. The molecule has 0 aliphatic carbocycles. The van der Waals surface area contributed by atoms with Gasteiger partial charge < -0.3 is 0 Å². The Hall–Kier alpha value is -1.41. The Balaban J connectivity index is 2.70. The molecule has 1 heterocycles. The molecule has 0 fully saturated rings. The smallest absolute Gasteiger partial charge is 0.181 e. The quantitative estimate of drug-likeness (QED) is 0.736. The Morgan fingerprint density at radius 1 is 1.00 bits per heavy atom. The van der Waals surface area contributed by atoms with Crippen LogP contribution < -0.4 is 5.43 Å². The molecule has 1 nitrogen and oxygen atoms in total. The molecule has 0 radical (unpaired) electrons. The van der Waals surface area contributed by atoms with Gasteiger partial charge in [0.15, 0.2) is 5.43 Å². The maximum Gasteiger partial charge on any atom is 0.181 e. The minimum Gasteiger partial charge on any atom is -0.290 e. The second-order valence-corrected chi connectivity index (χ2v) is 7.12. The number of benzene rings is 1. The molecule has 0 aliphatic heterocycles. The van der Waals surface area contributed by atoms with E-state index >= 15 is 0 Å². The zero-order valence-corrected chi connectivity index (χ0v) is 13.0. The Morgan fingerprint density at radius 2 is 1.58 bits per heavy atom. The molecule has 2 rings (SSSR count). The van der Waals surface area contributed by atoms with Gasteiger partial charge in [-0.1, -0.05) is 39.0 Å². The number of rotatable bonds is 1.